The molecule has 18 heavy (non-hydrogen) atoms. The Morgan fingerprint density at radius 3 is 2.89 bits per heavy atom. The zero-order valence-corrected chi connectivity index (χ0v) is 11.2. The van der Waals surface area contributed by atoms with Gasteiger partial charge >= 0.3 is 5.97 Å². The van der Waals surface area contributed by atoms with Crippen LogP contribution in [0.2, 0.25) is 0 Å². The van der Waals surface area contributed by atoms with Crippen molar-refractivity contribution in [2.75, 3.05) is 12.9 Å². The minimum Gasteiger partial charge on any atom is -0.481 e. The van der Waals surface area contributed by atoms with Gasteiger partial charge < -0.3 is 9.94 Å². The van der Waals surface area contributed by atoms with E-state index in [2.05, 4.69) is 5.16 Å². The number of rotatable bonds is 4. The highest BCUT2D eigenvalue weighted by atomic mass is 32.2. The monoisotopic (exact) mass is 265 g/mol. The molecular weight excluding hydrogens is 250 g/mol. The summed E-state index contributed by atoms with van der Waals surface area (Å²) in [5, 5.41) is 13.0. The fourth-order valence-corrected chi connectivity index (χ4v) is 2.77. The van der Waals surface area contributed by atoms with Crippen LogP contribution in [0.3, 0.4) is 0 Å². The van der Waals surface area contributed by atoms with Gasteiger partial charge in [0, 0.05) is 16.9 Å². The van der Waals surface area contributed by atoms with Gasteiger partial charge in [-0.3, -0.25) is 4.79 Å². The summed E-state index contributed by atoms with van der Waals surface area (Å²) in [5.74, 6) is -0.814. The van der Waals surface area contributed by atoms with Crippen molar-refractivity contribution < 1.29 is 14.7 Å². The number of thioether (sulfide) groups is 1. The fraction of sp³-hybridized carbons (Fsp3) is 0.385. The standard InChI is InChI=1S/C13H15NO3S/c1-8-9(7-12(15)16)3-4-11(18-2)13(8)10-5-6-17-14-10/h3-4H,5-7H2,1-2H3,(H,15,16). The predicted molar refractivity (Wildman–Crippen MR) is 71.4 cm³/mol. The van der Waals surface area contributed by atoms with Crippen LogP contribution in [0.1, 0.15) is 23.1 Å². The van der Waals surface area contributed by atoms with E-state index in [0.717, 1.165) is 33.7 Å². The zero-order valence-electron chi connectivity index (χ0n) is 10.4. The van der Waals surface area contributed by atoms with Gasteiger partial charge in [-0.2, -0.15) is 0 Å². The summed E-state index contributed by atoms with van der Waals surface area (Å²) in [6.07, 6.45) is 2.83. The molecular formula is C13H15NO3S. The molecule has 0 fully saturated rings. The van der Waals surface area contributed by atoms with E-state index in [9.17, 15) is 4.79 Å². The van der Waals surface area contributed by atoms with Crippen LogP contribution in [0, 0.1) is 6.92 Å². The third-order valence-electron chi connectivity index (χ3n) is 2.99. The van der Waals surface area contributed by atoms with Crippen LogP contribution in [-0.4, -0.2) is 29.7 Å². The maximum Gasteiger partial charge on any atom is 0.307 e. The molecule has 0 spiro atoms. The van der Waals surface area contributed by atoms with Crippen molar-refractivity contribution in [3.63, 3.8) is 0 Å². The molecule has 1 N–H and O–H groups in total. The van der Waals surface area contributed by atoms with Crippen molar-refractivity contribution in [1.29, 1.82) is 0 Å². The van der Waals surface area contributed by atoms with Gasteiger partial charge in [0.15, 0.2) is 0 Å². The smallest absolute Gasteiger partial charge is 0.307 e. The van der Waals surface area contributed by atoms with Crippen molar-refractivity contribution in [3.05, 3.63) is 28.8 Å². The van der Waals surface area contributed by atoms with Crippen LogP contribution in [0.5, 0.6) is 0 Å². The second kappa shape index (κ2) is 5.44. The highest BCUT2D eigenvalue weighted by Gasteiger charge is 2.19. The number of carboxylic acids is 1. The van der Waals surface area contributed by atoms with Gasteiger partial charge in [-0.1, -0.05) is 11.2 Å². The van der Waals surface area contributed by atoms with Crippen LogP contribution >= 0.6 is 11.8 Å². The molecule has 0 atom stereocenters. The van der Waals surface area contributed by atoms with E-state index in [1.807, 2.05) is 25.3 Å². The van der Waals surface area contributed by atoms with E-state index in [4.69, 9.17) is 9.94 Å². The quantitative estimate of drug-likeness (QED) is 0.850. The normalized spacial score (nSPS) is 14.2. The molecule has 0 aliphatic carbocycles. The Bertz CT molecular complexity index is 511. The first-order valence-electron chi connectivity index (χ1n) is 5.71. The zero-order chi connectivity index (χ0) is 13.1. The summed E-state index contributed by atoms with van der Waals surface area (Å²) in [6, 6.07) is 3.85. The van der Waals surface area contributed by atoms with E-state index in [0.29, 0.717) is 6.61 Å². The molecule has 5 heteroatoms. The lowest BCUT2D eigenvalue weighted by Gasteiger charge is -2.13. The van der Waals surface area contributed by atoms with Crippen molar-refractivity contribution >= 4 is 23.4 Å². The van der Waals surface area contributed by atoms with E-state index < -0.39 is 5.97 Å². The first-order chi connectivity index (χ1) is 8.63. The lowest BCUT2D eigenvalue weighted by Crippen LogP contribution is -2.08. The topological polar surface area (TPSA) is 58.9 Å². The Morgan fingerprint density at radius 2 is 2.33 bits per heavy atom. The second-order valence-corrected chi connectivity index (χ2v) is 4.97. The van der Waals surface area contributed by atoms with Gasteiger partial charge in [0.05, 0.1) is 12.1 Å². The third kappa shape index (κ3) is 2.51. The van der Waals surface area contributed by atoms with Crippen LogP contribution in [0.25, 0.3) is 0 Å². The summed E-state index contributed by atoms with van der Waals surface area (Å²) in [5.41, 5.74) is 3.79. The molecule has 0 aromatic heterocycles. The maximum atomic E-state index is 10.8. The van der Waals surface area contributed by atoms with Gasteiger partial charge in [-0.25, -0.2) is 0 Å². The van der Waals surface area contributed by atoms with Gasteiger partial charge in [-0.15, -0.1) is 11.8 Å². The highest BCUT2D eigenvalue weighted by Crippen LogP contribution is 2.29. The number of aliphatic carboxylic acids is 1. The Morgan fingerprint density at radius 1 is 1.56 bits per heavy atom. The van der Waals surface area contributed by atoms with E-state index in [1.165, 1.54) is 0 Å². The van der Waals surface area contributed by atoms with E-state index in [-0.39, 0.29) is 6.42 Å². The predicted octanol–water partition coefficient (Wildman–Crippen LogP) is 2.47. The lowest BCUT2D eigenvalue weighted by molar-refractivity contribution is -0.136. The summed E-state index contributed by atoms with van der Waals surface area (Å²) < 4.78 is 0. The van der Waals surface area contributed by atoms with E-state index >= 15 is 0 Å². The Balaban J connectivity index is 2.49. The molecule has 1 aliphatic rings. The van der Waals surface area contributed by atoms with Gasteiger partial charge in [0.25, 0.3) is 0 Å². The molecule has 1 aromatic carbocycles. The molecule has 0 radical (unpaired) electrons. The van der Waals surface area contributed by atoms with Gasteiger partial charge in [0.2, 0.25) is 0 Å². The van der Waals surface area contributed by atoms with Crippen molar-refractivity contribution in [3.8, 4) is 0 Å². The Hall–Kier alpha value is -1.49. The highest BCUT2D eigenvalue weighted by molar-refractivity contribution is 7.98. The molecule has 0 saturated carbocycles. The van der Waals surface area contributed by atoms with Crippen molar-refractivity contribution in [1.82, 2.24) is 0 Å². The molecule has 0 bridgehead atoms. The fourth-order valence-electron chi connectivity index (χ4n) is 2.10. The molecule has 1 aromatic rings. The van der Waals surface area contributed by atoms with Crippen LogP contribution in [0.4, 0.5) is 0 Å². The molecule has 2 rings (SSSR count). The van der Waals surface area contributed by atoms with Gasteiger partial charge in [0.1, 0.15) is 6.61 Å². The van der Waals surface area contributed by atoms with E-state index in [1.54, 1.807) is 11.8 Å². The summed E-state index contributed by atoms with van der Waals surface area (Å²) >= 11 is 1.64. The average Bonchev–Trinajstić information content (AvgIpc) is 2.84. The summed E-state index contributed by atoms with van der Waals surface area (Å²) in [4.78, 5) is 17.0. The molecule has 1 aliphatic heterocycles. The number of nitrogens with zero attached hydrogens (tertiary/aromatic N) is 1. The second-order valence-electron chi connectivity index (χ2n) is 4.12. The average molecular weight is 265 g/mol. The molecule has 1 heterocycles. The Labute approximate surface area is 110 Å². The minimum absolute atomic E-state index is 0.0433. The number of carbonyl (C=O) groups is 1. The maximum absolute atomic E-state index is 10.8. The Kier molecular flexibility index (Phi) is 3.91. The van der Waals surface area contributed by atoms with Crippen molar-refractivity contribution in [2.24, 2.45) is 5.16 Å². The number of hydrogen-bond donors (Lipinski definition) is 1. The molecule has 0 saturated heterocycles. The van der Waals surface area contributed by atoms with Crippen LogP contribution < -0.4 is 0 Å². The first-order valence-corrected chi connectivity index (χ1v) is 6.93. The van der Waals surface area contributed by atoms with Crippen molar-refractivity contribution in [2.45, 2.75) is 24.7 Å². The first kappa shape index (κ1) is 13.0. The lowest BCUT2D eigenvalue weighted by atomic mass is 9.96. The minimum atomic E-state index is -0.814. The largest absolute Gasteiger partial charge is 0.481 e. The molecule has 0 amide bonds. The van der Waals surface area contributed by atoms with Crippen LogP contribution in [-0.2, 0) is 16.1 Å². The van der Waals surface area contributed by atoms with Gasteiger partial charge in [-0.05, 0) is 30.4 Å². The number of benzene rings is 1. The third-order valence-corrected chi connectivity index (χ3v) is 3.77. The number of oxime groups is 1. The number of hydrogen-bond acceptors (Lipinski definition) is 4. The molecule has 96 valence electrons. The van der Waals surface area contributed by atoms with Crippen LogP contribution in [0.15, 0.2) is 22.2 Å². The summed E-state index contributed by atoms with van der Waals surface area (Å²) in [7, 11) is 0. The SMILES string of the molecule is CSc1ccc(CC(=O)O)c(C)c1C1=NOCC1. The molecule has 0 unspecified atom stereocenters. The molecule has 4 nitrogen and oxygen atoms in total. The number of carboxylic acid groups (broad SMARTS) is 1. The summed E-state index contributed by atoms with van der Waals surface area (Å²) in [6.45, 7) is 2.56.